The topological polar surface area (TPSA) is 54.3 Å². The van der Waals surface area contributed by atoms with Crippen molar-refractivity contribution < 1.29 is 9.59 Å². The summed E-state index contributed by atoms with van der Waals surface area (Å²) in [5.74, 6) is -0.190. The SMILES string of the molecule is CCc1cc2c(cc3n2CC(C)(C(=O)NC2CCCCCC2)N(Cc2ccccc2Cl)C3=O)s1. The van der Waals surface area contributed by atoms with Gasteiger partial charge in [-0.25, -0.2) is 0 Å². The van der Waals surface area contributed by atoms with Gasteiger partial charge in [0, 0.05) is 22.5 Å². The first kappa shape index (κ1) is 23.4. The van der Waals surface area contributed by atoms with E-state index >= 15 is 0 Å². The van der Waals surface area contributed by atoms with E-state index in [2.05, 4.69) is 22.9 Å². The van der Waals surface area contributed by atoms with Crippen LogP contribution in [0.2, 0.25) is 5.02 Å². The summed E-state index contributed by atoms with van der Waals surface area (Å²) >= 11 is 8.20. The Morgan fingerprint density at radius 3 is 2.62 bits per heavy atom. The second-order valence-electron chi connectivity index (χ2n) is 9.85. The van der Waals surface area contributed by atoms with Crippen molar-refractivity contribution in [2.75, 3.05) is 0 Å². The summed E-state index contributed by atoms with van der Waals surface area (Å²) in [6.07, 6.45) is 7.70. The number of aromatic nitrogens is 1. The molecule has 1 aliphatic carbocycles. The molecule has 180 valence electrons. The summed E-state index contributed by atoms with van der Waals surface area (Å²) in [4.78, 5) is 30.8. The van der Waals surface area contributed by atoms with Crippen molar-refractivity contribution in [3.8, 4) is 0 Å². The maximum Gasteiger partial charge on any atom is 0.271 e. The molecule has 2 aromatic heterocycles. The fourth-order valence-electron chi connectivity index (χ4n) is 5.37. The van der Waals surface area contributed by atoms with Crippen LogP contribution in [-0.2, 0) is 24.3 Å². The van der Waals surface area contributed by atoms with E-state index in [4.69, 9.17) is 11.6 Å². The van der Waals surface area contributed by atoms with Crippen LogP contribution < -0.4 is 5.32 Å². The van der Waals surface area contributed by atoms with Gasteiger partial charge in [0.25, 0.3) is 5.91 Å². The summed E-state index contributed by atoms with van der Waals surface area (Å²) in [6.45, 7) is 4.78. The van der Waals surface area contributed by atoms with E-state index in [-0.39, 0.29) is 17.9 Å². The van der Waals surface area contributed by atoms with E-state index in [1.54, 1.807) is 16.2 Å². The summed E-state index contributed by atoms with van der Waals surface area (Å²) in [7, 11) is 0. The Morgan fingerprint density at radius 2 is 1.91 bits per heavy atom. The predicted molar refractivity (Wildman–Crippen MR) is 139 cm³/mol. The van der Waals surface area contributed by atoms with Crippen molar-refractivity contribution in [3.05, 3.63) is 57.6 Å². The van der Waals surface area contributed by atoms with Gasteiger partial charge >= 0.3 is 0 Å². The molecule has 0 spiro atoms. The highest BCUT2D eigenvalue weighted by atomic mass is 35.5. The normalized spacial score (nSPS) is 21.5. The molecule has 0 saturated heterocycles. The number of hydrogen-bond acceptors (Lipinski definition) is 3. The average molecular weight is 498 g/mol. The van der Waals surface area contributed by atoms with Crippen LogP contribution in [0.3, 0.4) is 0 Å². The molecule has 5 nitrogen and oxygen atoms in total. The van der Waals surface area contributed by atoms with Gasteiger partial charge in [-0.15, -0.1) is 11.3 Å². The zero-order valence-corrected chi connectivity index (χ0v) is 21.5. The number of hydrogen-bond donors (Lipinski definition) is 1. The van der Waals surface area contributed by atoms with Gasteiger partial charge in [-0.05, 0) is 49.9 Å². The maximum absolute atomic E-state index is 13.9. The molecule has 1 unspecified atom stereocenters. The third-order valence-corrected chi connectivity index (χ3v) is 9.07. The predicted octanol–water partition coefficient (Wildman–Crippen LogP) is 6.17. The lowest BCUT2D eigenvalue weighted by molar-refractivity contribution is -0.134. The van der Waals surface area contributed by atoms with Crippen molar-refractivity contribution in [3.63, 3.8) is 0 Å². The number of halogens is 1. The lowest BCUT2D eigenvalue weighted by Crippen LogP contribution is -2.64. The molecule has 1 saturated carbocycles. The van der Waals surface area contributed by atoms with Gasteiger partial charge in [0.1, 0.15) is 11.2 Å². The maximum atomic E-state index is 13.9. The standard InChI is InChI=1S/C27H32ClN3O2S/c1-3-20-14-22-24(34-20)15-23-25(32)31(16-18-10-8-9-13-21(18)28)27(2,17-30(22)23)26(33)29-19-11-6-4-5-7-12-19/h8-10,13-15,19H,3-7,11-12,16-17H2,1-2H3,(H,29,33). The van der Waals surface area contributed by atoms with Gasteiger partial charge in [0.05, 0.1) is 16.8 Å². The van der Waals surface area contributed by atoms with E-state index in [0.29, 0.717) is 23.8 Å². The van der Waals surface area contributed by atoms with Crippen LogP contribution in [0.5, 0.6) is 0 Å². The van der Waals surface area contributed by atoms with Gasteiger partial charge in [0.2, 0.25) is 5.91 Å². The summed E-state index contributed by atoms with van der Waals surface area (Å²) < 4.78 is 3.16. The summed E-state index contributed by atoms with van der Waals surface area (Å²) in [6, 6.07) is 11.9. The highest BCUT2D eigenvalue weighted by Crippen LogP contribution is 2.37. The lowest BCUT2D eigenvalue weighted by Gasteiger charge is -2.44. The molecule has 5 rings (SSSR count). The van der Waals surface area contributed by atoms with Gasteiger partial charge in [-0.3, -0.25) is 9.59 Å². The molecule has 3 heterocycles. The number of carbonyl (C=O) groups excluding carboxylic acids is 2. The van der Waals surface area contributed by atoms with Gasteiger partial charge < -0.3 is 14.8 Å². The van der Waals surface area contributed by atoms with Crippen LogP contribution in [0.15, 0.2) is 36.4 Å². The van der Waals surface area contributed by atoms with E-state index in [0.717, 1.165) is 47.9 Å². The highest BCUT2D eigenvalue weighted by Gasteiger charge is 2.48. The van der Waals surface area contributed by atoms with Crippen molar-refractivity contribution in [2.24, 2.45) is 0 Å². The number of amides is 2. The van der Waals surface area contributed by atoms with Gasteiger partial charge in [-0.1, -0.05) is 62.4 Å². The molecule has 1 aliphatic heterocycles. The van der Waals surface area contributed by atoms with Crippen LogP contribution in [0.25, 0.3) is 10.2 Å². The minimum atomic E-state index is -1.02. The van der Waals surface area contributed by atoms with Crippen LogP contribution in [0.1, 0.15) is 73.3 Å². The first-order chi connectivity index (χ1) is 16.4. The smallest absolute Gasteiger partial charge is 0.271 e. The molecule has 0 bridgehead atoms. The molecule has 1 aromatic carbocycles. The first-order valence-electron chi connectivity index (χ1n) is 12.4. The average Bonchev–Trinajstić information content (AvgIpc) is 3.26. The minimum Gasteiger partial charge on any atom is -0.351 e. The van der Waals surface area contributed by atoms with Crippen molar-refractivity contribution in [1.82, 2.24) is 14.8 Å². The number of benzene rings is 1. The van der Waals surface area contributed by atoms with Crippen molar-refractivity contribution >= 4 is 45.0 Å². The van der Waals surface area contributed by atoms with Crippen LogP contribution >= 0.6 is 22.9 Å². The van der Waals surface area contributed by atoms with Crippen LogP contribution in [0, 0.1) is 0 Å². The molecule has 2 aliphatic rings. The largest absolute Gasteiger partial charge is 0.351 e. The van der Waals surface area contributed by atoms with E-state index in [1.165, 1.54) is 17.7 Å². The Kier molecular flexibility index (Phi) is 6.47. The number of carbonyl (C=O) groups is 2. The Balaban J connectivity index is 1.54. The molecular formula is C27H32ClN3O2S. The van der Waals surface area contributed by atoms with Crippen molar-refractivity contribution in [1.29, 1.82) is 0 Å². The zero-order chi connectivity index (χ0) is 23.9. The molecule has 1 fully saturated rings. The van der Waals surface area contributed by atoms with Gasteiger partial charge in [0.15, 0.2) is 0 Å². The molecule has 0 radical (unpaired) electrons. The van der Waals surface area contributed by atoms with Crippen LogP contribution in [-0.4, -0.2) is 32.9 Å². The Hall–Kier alpha value is -2.31. The number of nitrogens with one attached hydrogen (secondary N) is 1. The number of fused-ring (bicyclic) bond motifs is 3. The van der Waals surface area contributed by atoms with Crippen LogP contribution in [0.4, 0.5) is 0 Å². The Morgan fingerprint density at radius 1 is 1.18 bits per heavy atom. The van der Waals surface area contributed by atoms with Crippen molar-refractivity contribution in [2.45, 2.75) is 83.5 Å². The molecule has 1 N–H and O–H groups in total. The van der Waals surface area contributed by atoms with E-state index < -0.39 is 5.54 Å². The third-order valence-electron chi connectivity index (χ3n) is 7.48. The monoisotopic (exact) mass is 497 g/mol. The first-order valence-corrected chi connectivity index (χ1v) is 13.6. The minimum absolute atomic E-state index is 0.0711. The van der Waals surface area contributed by atoms with Gasteiger partial charge in [-0.2, -0.15) is 0 Å². The summed E-state index contributed by atoms with van der Waals surface area (Å²) in [5, 5.41) is 3.94. The van der Waals surface area contributed by atoms with E-state index in [1.807, 2.05) is 37.3 Å². The number of thiophene rings is 1. The lowest BCUT2D eigenvalue weighted by atomic mass is 9.93. The van der Waals surface area contributed by atoms with E-state index in [9.17, 15) is 9.59 Å². The highest BCUT2D eigenvalue weighted by molar-refractivity contribution is 7.19. The summed E-state index contributed by atoms with van der Waals surface area (Å²) in [5.41, 5.74) is 1.53. The second-order valence-corrected chi connectivity index (χ2v) is 11.4. The fourth-order valence-corrected chi connectivity index (χ4v) is 6.61. The molecular weight excluding hydrogens is 466 g/mol. The number of rotatable bonds is 5. The fraction of sp³-hybridized carbons (Fsp3) is 0.481. The third kappa shape index (κ3) is 4.16. The zero-order valence-electron chi connectivity index (χ0n) is 19.9. The molecule has 34 heavy (non-hydrogen) atoms. The molecule has 3 aromatic rings. The molecule has 2 amide bonds. The molecule has 7 heteroatoms. The second kappa shape index (κ2) is 9.38. The number of nitrogens with zero attached hydrogens (tertiary/aromatic N) is 2. The molecule has 1 atom stereocenters. The quantitative estimate of drug-likeness (QED) is 0.428. The number of aryl methyl sites for hydroxylation is 1. The Labute approximate surface area is 210 Å². The Bertz CT molecular complexity index is 1220.